The summed E-state index contributed by atoms with van der Waals surface area (Å²) in [4.78, 5) is 11.1. The van der Waals surface area contributed by atoms with Crippen molar-refractivity contribution in [2.75, 3.05) is 6.61 Å². The summed E-state index contributed by atoms with van der Waals surface area (Å²) in [5.74, 6) is -0.406. The van der Waals surface area contributed by atoms with Crippen molar-refractivity contribution in [2.45, 2.75) is 53.4 Å². The minimum Gasteiger partial charge on any atom is -0.512 e. The quantitative estimate of drug-likeness (QED) is 0.305. The molecule has 0 unspecified atom stereocenters. The SMILES string of the molecule is CCOC(=O)/C=C(\O)CC/C=C(\C)CCC=C(C)C. The topological polar surface area (TPSA) is 46.5 Å². The molecule has 0 rings (SSSR count). The number of hydrogen-bond donors (Lipinski definition) is 1. The summed E-state index contributed by atoms with van der Waals surface area (Å²) >= 11 is 0. The molecule has 0 amide bonds. The number of ether oxygens (including phenoxy) is 1. The number of carbonyl (C=O) groups excluding carboxylic acids is 1. The smallest absolute Gasteiger partial charge is 0.334 e. The first-order valence-corrected chi connectivity index (χ1v) is 6.81. The second kappa shape index (κ2) is 10.4. The molecule has 0 aromatic heterocycles. The maximum absolute atomic E-state index is 11.1. The Bertz CT molecular complexity index is 358. The van der Waals surface area contributed by atoms with Crippen LogP contribution in [0.1, 0.15) is 53.4 Å². The van der Waals surface area contributed by atoms with Gasteiger partial charge in [-0.3, -0.25) is 0 Å². The highest BCUT2D eigenvalue weighted by atomic mass is 16.5. The average molecular weight is 266 g/mol. The van der Waals surface area contributed by atoms with Gasteiger partial charge in [0.1, 0.15) is 0 Å². The molecular weight excluding hydrogens is 240 g/mol. The molecule has 0 saturated carbocycles. The highest BCUT2D eigenvalue weighted by Gasteiger charge is 2.00. The van der Waals surface area contributed by atoms with E-state index in [1.807, 2.05) is 0 Å². The number of hydrogen-bond acceptors (Lipinski definition) is 3. The van der Waals surface area contributed by atoms with Gasteiger partial charge in [-0.15, -0.1) is 0 Å². The first-order valence-electron chi connectivity index (χ1n) is 6.81. The molecule has 0 bridgehead atoms. The van der Waals surface area contributed by atoms with Gasteiger partial charge in [-0.2, -0.15) is 0 Å². The Kier molecular flexibility index (Phi) is 9.59. The predicted molar refractivity (Wildman–Crippen MR) is 79.0 cm³/mol. The van der Waals surface area contributed by atoms with Crippen molar-refractivity contribution in [1.82, 2.24) is 0 Å². The third kappa shape index (κ3) is 11.3. The Labute approximate surface area is 116 Å². The number of rotatable bonds is 8. The molecule has 0 aliphatic heterocycles. The number of aliphatic hydroxyl groups excluding tert-OH is 1. The van der Waals surface area contributed by atoms with E-state index in [2.05, 4.69) is 32.9 Å². The number of carbonyl (C=O) groups is 1. The Hall–Kier alpha value is -1.51. The van der Waals surface area contributed by atoms with Crippen LogP contribution in [0.5, 0.6) is 0 Å². The van der Waals surface area contributed by atoms with Gasteiger partial charge in [-0.25, -0.2) is 4.79 Å². The maximum Gasteiger partial charge on any atom is 0.334 e. The molecule has 0 radical (unpaired) electrons. The fraction of sp³-hybridized carbons (Fsp3) is 0.562. The van der Waals surface area contributed by atoms with E-state index in [4.69, 9.17) is 4.74 Å². The van der Waals surface area contributed by atoms with E-state index in [1.165, 1.54) is 11.1 Å². The van der Waals surface area contributed by atoms with E-state index >= 15 is 0 Å². The first-order chi connectivity index (χ1) is 8.95. The fourth-order valence-electron chi connectivity index (χ4n) is 1.55. The Morgan fingerprint density at radius 1 is 1.11 bits per heavy atom. The van der Waals surface area contributed by atoms with Crippen molar-refractivity contribution in [3.05, 3.63) is 35.1 Å². The average Bonchev–Trinajstić information content (AvgIpc) is 2.28. The molecule has 3 nitrogen and oxygen atoms in total. The molecule has 0 atom stereocenters. The second-order valence-electron chi connectivity index (χ2n) is 4.80. The van der Waals surface area contributed by atoms with Crippen molar-refractivity contribution < 1.29 is 14.6 Å². The molecule has 0 saturated heterocycles. The van der Waals surface area contributed by atoms with Gasteiger partial charge >= 0.3 is 5.97 Å². The van der Waals surface area contributed by atoms with Crippen LogP contribution in [0.2, 0.25) is 0 Å². The molecule has 0 aromatic rings. The van der Waals surface area contributed by atoms with Crippen molar-refractivity contribution >= 4 is 5.97 Å². The summed E-state index contributed by atoms with van der Waals surface area (Å²) in [5, 5.41) is 9.53. The van der Waals surface area contributed by atoms with Gasteiger partial charge in [0.15, 0.2) is 0 Å². The molecule has 0 aliphatic carbocycles. The number of aliphatic hydroxyl groups is 1. The Morgan fingerprint density at radius 2 is 1.74 bits per heavy atom. The van der Waals surface area contributed by atoms with Gasteiger partial charge in [0.05, 0.1) is 18.4 Å². The molecule has 0 fully saturated rings. The van der Waals surface area contributed by atoms with Crippen LogP contribution in [-0.2, 0) is 9.53 Å². The lowest BCUT2D eigenvalue weighted by Gasteiger charge is -2.01. The monoisotopic (exact) mass is 266 g/mol. The highest BCUT2D eigenvalue weighted by Crippen LogP contribution is 2.10. The van der Waals surface area contributed by atoms with Crippen molar-refractivity contribution in [3.63, 3.8) is 0 Å². The highest BCUT2D eigenvalue weighted by molar-refractivity contribution is 5.82. The zero-order valence-electron chi connectivity index (χ0n) is 12.5. The zero-order valence-corrected chi connectivity index (χ0v) is 12.5. The molecule has 3 heteroatoms. The molecule has 0 heterocycles. The number of allylic oxidation sites excluding steroid dienone is 5. The van der Waals surface area contributed by atoms with E-state index < -0.39 is 5.97 Å². The third-order valence-electron chi connectivity index (χ3n) is 2.56. The van der Waals surface area contributed by atoms with Crippen LogP contribution in [0.25, 0.3) is 0 Å². The van der Waals surface area contributed by atoms with E-state index in [1.54, 1.807) is 6.92 Å². The van der Waals surface area contributed by atoms with Gasteiger partial charge < -0.3 is 9.84 Å². The standard InChI is InChI=1S/C16H26O3/c1-5-19-16(18)12-15(17)11-7-10-14(4)9-6-8-13(2)3/h8,10,12,17H,5-7,9,11H2,1-4H3/b14-10+,15-12-. The van der Waals surface area contributed by atoms with E-state index in [-0.39, 0.29) is 5.76 Å². The predicted octanol–water partition coefficient (Wildman–Crippen LogP) is 4.46. The second-order valence-corrected chi connectivity index (χ2v) is 4.80. The summed E-state index contributed by atoms with van der Waals surface area (Å²) in [6.45, 7) is 8.34. The van der Waals surface area contributed by atoms with Crippen LogP contribution in [0, 0.1) is 0 Å². The maximum atomic E-state index is 11.1. The lowest BCUT2D eigenvalue weighted by atomic mass is 10.1. The summed E-state index contributed by atoms with van der Waals surface area (Å²) < 4.78 is 4.72. The largest absolute Gasteiger partial charge is 0.512 e. The van der Waals surface area contributed by atoms with Gasteiger partial charge in [0.2, 0.25) is 0 Å². The summed E-state index contributed by atoms with van der Waals surface area (Å²) in [7, 11) is 0. The summed E-state index contributed by atoms with van der Waals surface area (Å²) in [5.41, 5.74) is 2.64. The van der Waals surface area contributed by atoms with Crippen LogP contribution >= 0.6 is 0 Å². The van der Waals surface area contributed by atoms with Crippen molar-refractivity contribution in [1.29, 1.82) is 0 Å². The van der Waals surface area contributed by atoms with Gasteiger partial charge in [0, 0.05) is 6.42 Å². The van der Waals surface area contributed by atoms with E-state index in [9.17, 15) is 9.90 Å². The van der Waals surface area contributed by atoms with Gasteiger partial charge in [-0.05, 0) is 47.0 Å². The van der Waals surface area contributed by atoms with Crippen molar-refractivity contribution in [2.24, 2.45) is 0 Å². The Balaban J connectivity index is 3.99. The Morgan fingerprint density at radius 3 is 2.32 bits per heavy atom. The number of esters is 1. The molecule has 0 spiro atoms. The van der Waals surface area contributed by atoms with Gasteiger partial charge in [-0.1, -0.05) is 23.3 Å². The van der Waals surface area contributed by atoms with Crippen LogP contribution < -0.4 is 0 Å². The fourth-order valence-corrected chi connectivity index (χ4v) is 1.55. The van der Waals surface area contributed by atoms with Crippen molar-refractivity contribution in [3.8, 4) is 0 Å². The normalized spacial score (nSPS) is 12.2. The lowest BCUT2D eigenvalue weighted by Crippen LogP contribution is -2.01. The van der Waals surface area contributed by atoms with Crippen LogP contribution in [0.3, 0.4) is 0 Å². The molecule has 0 aliphatic rings. The third-order valence-corrected chi connectivity index (χ3v) is 2.56. The van der Waals surface area contributed by atoms with E-state index in [0.717, 1.165) is 25.3 Å². The molecule has 0 aromatic carbocycles. The minimum atomic E-state index is -0.482. The van der Waals surface area contributed by atoms with Crippen LogP contribution in [-0.4, -0.2) is 17.7 Å². The summed E-state index contributed by atoms with van der Waals surface area (Å²) in [6, 6.07) is 0. The molecular formula is C16H26O3. The lowest BCUT2D eigenvalue weighted by molar-refractivity contribution is -0.137. The molecule has 19 heavy (non-hydrogen) atoms. The van der Waals surface area contributed by atoms with E-state index in [0.29, 0.717) is 13.0 Å². The zero-order chi connectivity index (χ0) is 14.7. The minimum absolute atomic E-state index is 0.0757. The van der Waals surface area contributed by atoms with Crippen LogP contribution in [0.15, 0.2) is 35.1 Å². The molecule has 1 N–H and O–H groups in total. The molecule has 108 valence electrons. The summed E-state index contributed by atoms with van der Waals surface area (Å²) in [6.07, 6.45) is 8.77. The van der Waals surface area contributed by atoms with Gasteiger partial charge in [0.25, 0.3) is 0 Å². The van der Waals surface area contributed by atoms with Crippen LogP contribution in [0.4, 0.5) is 0 Å². The first kappa shape index (κ1) is 17.5.